The van der Waals surface area contributed by atoms with Crippen LogP contribution in [0.2, 0.25) is 0 Å². The van der Waals surface area contributed by atoms with Crippen LogP contribution in [0.1, 0.15) is 36.5 Å². The standard InChI is InChI=1S/C16H25NO2/c1-12-8-14(9-13(2)15(12)18)10-17-7-5-6-16(3,11-17)19-4/h8-9,18H,5-7,10-11H2,1-4H3. The fourth-order valence-electron chi connectivity index (χ4n) is 3.00. The number of aromatic hydroxyl groups is 1. The number of ether oxygens (including phenoxy) is 1. The van der Waals surface area contributed by atoms with Crippen molar-refractivity contribution in [3.63, 3.8) is 0 Å². The maximum absolute atomic E-state index is 9.82. The predicted octanol–water partition coefficient (Wildman–Crippen LogP) is 3.01. The van der Waals surface area contributed by atoms with Gasteiger partial charge in [0.05, 0.1) is 5.60 Å². The van der Waals surface area contributed by atoms with E-state index in [1.165, 1.54) is 12.0 Å². The molecule has 1 unspecified atom stereocenters. The fourth-order valence-corrected chi connectivity index (χ4v) is 3.00. The van der Waals surface area contributed by atoms with Gasteiger partial charge >= 0.3 is 0 Å². The first-order valence-corrected chi connectivity index (χ1v) is 7.00. The zero-order chi connectivity index (χ0) is 14.0. The summed E-state index contributed by atoms with van der Waals surface area (Å²) in [7, 11) is 1.80. The Kier molecular flexibility index (Phi) is 4.16. The minimum Gasteiger partial charge on any atom is -0.507 e. The second-order valence-electron chi connectivity index (χ2n) is 6.05. The van der Waals surface area contributed by atoms with Crippen LogP contribution in [0.4, 0.5) is 0 Å². The fraction of sp³-hybridized carbons (Fsp3) is 0.625. The summed E-state index contributed by atoms with van der Waals surface area (Å²) in [4.78, 5) is 2.44. The maximum atomic E-state index is 9.82. The molecule has 0 aliphatic carbocycles. The number of benzene rings is 1. The van der Waals surface area contributed by atoms with Crippen LogP contribution in [0.25, 0.3) is 0 Å². The van der Waals surface area contributed by atoms with Crippen molar-refractivity contribution in [2.75, 3.05) is 20.2 Å². The van der Waals surface area contributed by atoms with Gasteiger partial charge < -0.3 is 9.84 Å². The molecule has 0 bridgehead atoms. The monoisotopic (exact) mass is 263 g/mol. The van der Waals surface area contributed by atoms with E-state index in [-0.39, 0.29) is 5.60 Å². The van der Waals surface area contributed by atoms with E-state index < -0.39 is 0 Å². The quantitative estimate of drug-likeness (QED) is 0.910. The average molecular weight is 263 g/mol. The van der Waals surface area contributed by atoms with Crippen LogP contribution in [0.15, 0.2) is 12.1 Å². The molecule has 1 saturated heterocycles. The van der Waals surface area contributed by atoms with E-state index >= 15 is 0 Å². The minimum atomic E-state index is -0.0146. The van der Waals surface area contributed by atoms with Crippen molar-refractivity contribution in [3.05, 3.63) is 28.8 Å². The van der Waals surface area contributed by atoms with Crippen LogP contribution in [-0.4, -0.2) is 35.8 Å². The molecule has 1 atom stereocenters. The topological polar surface area (TPSA) is 32.7 Å². The highest BCUT2D eigenvalue weighted by molar-refractivity contribution is 5.42. The van der Waals surface area contributed by atoms with Gasteiger partial charge in [-0.1, -0.05) is 12.1 Å². The lowest BCUT2D eigenvalue weighted by Gasteiger charge is -2.39. The third-order valence-corrected chi connectivity index (χ3v) is 4.19. The Labute approximate surface area is 116 Å². The van der Waals surface area contributed by atoms with Gasteiger partial charge in [0.1, 0.15) is 5.75 Å². The molecule has 0 radical (unpaired) electrons. The van der Waals surface area contributed by atoms with E-state index in [9.17, 15) is 5.11 Å². The summed E-state index contributed by atoms with van der Waals surface area (Å²) < 4.78 is 5.63. The molecule has 0 aromatic heterocycles. The summed E-state index contributed by atoms with van der Waals surface area (Å²) in [5.74, 6) is 0.420. The molecule has 1 fully saturated rings. The molecule has 2 rings (SSSR count). The lowest BCUT2D eigenvalue weighted by molar-refractivity contribution is -0.0527. The highest BCUT2D eigenvalue weighted by atomic mass is 16.5. The summed E-state index contributed by atoms with van der Waals surface area (Å²) in [6.45, 7) is 9.14. The number of aryl methyl sites for hydroxylation is 2. The molecule has 3 nitrogen and oxygen atoms in total. The lowest BCUT2D eigenvalue weighted by atomic mass is 9.94. The molecule has 1 N–H and O–H groups in total. The van der Waals surface area contributed by atoms with Gasteiger partial charge in [0.2, 0.25) is 0 Å². The lowest BCUT2D eigenvalue weighted by Crippen LogP contribution is -2.46. The highest BCUT2D eigenvalue weighted by Gasteiger charge is 2.30. The van der Waals surface area contributed by atoms with Gasteiger partial charge in [0.25, 0.3) is 0 Å². The van der Waals surface area contributed by atoms with Crippen molar-refractivity contribution in [3.8, 4) is 5.75 Å². The van der Waals surface area contributed by atoms with E-state index in [4.69, 9.17) is 4.74 Å². The van der Waals surface area contributed by atoms with Gasteiger partial charge in [0.15, 0.2) is 0 Å². The summed E-state index contributed by atoms with van der Waals surface area (Å²) >= 11 is 0. The normalized spacial score (nSPS) is 24.6. The van der Waals surface area contributed by atoms with Crippen molar-refractivity contribution >= 4 is 0 Å². The molecule has 1 aromatic carbocycles. The summed E-state index contributed by atoms with van der Waals surface area (Å²) in [5.41, 5.74) is 3.18. The van der Waals surface area contributed by atoms with Crippen molar-refractivity contribution < 1.29 is 9.84 Å². The van der Waals surface area contributed by atoms with E-state index in [0.29, 0.717) is 5.75 Å². The zero-order valence-electron chi connectivity index (χ0n) is 12.5. The Morgan fingerprint density at radius 1 is 1.32 bits per heavy atom. The summed E-state index contributed by atoms with van der Waals surface area (Å²) in [6.07, 6.45) is 2.31. The second-order valence-corrected chi connectivity index (χ2v) is 6.05. The van der Waals surface area contributed by atoms with Crippen LogP contribution in [0.3, 0.4) is 0 Å². The first kappa shape index (κ1) is 14.4. The molecule has 1 aliphatic rings. The number of likely N-dealkylation sites (tertiary alicyclic amines) is 1. The Balaban J connectivity index is 2.09. The minimum absolute atomic E-state index is 0.0146. The van der Waals surface area contributed by atoms with Crippen molar-refractivity contribution in [1.29, 1.82) is 0 Å². The van der Waals surface area contributed by atoms with Gasteiger partial charge in [-0.3, -0.25) is 4.90 Å². The smallest absolute Gasteiger partial charge is 0.121 e. The molecule has 106 valence electrons. The molecule has 0 amide bonds. The van der Waals surface area contributed by atoms with Crippen LogP contribution >= 0.6 is 0 Å². The molecule has 0 spiro atoms. The number of hydrogen-bond acceptors (Lipinski definition) is 3. The Bertz CT molecular complexity index is 435. The SMILES string of the molecule is COC1(C)CCCN(Cc2cc(C)c(O)c(C)c2)C1. The van der Waals surface area contributed by atoms with Gasteiger partial charge in [-0.25, -0.2) is 0 Å². The van der Waals surface area contributed by atoms with E-state index in [1.807, 2.05) is 13.8 Å². The van der Waals surface area contributed by atoms with Crippen LogP contribution in [0.5, 0.6) is 5.75 Å². The number of rotatable bonds is 3. The highest BCUT2D eigenvalue weighted by Crippen LogP contribution is 2.27. The van der Waals surface area contributed by atoms with Crippen LogP contribution in [-0.2, 0) is 11.3 Å². The van der Waals surface area contributed by atoms with E-state index in [2.05, 4.69) is 24.0 Å². The Hall–Kier alpha value is -1.06. The zero-order valence-corrected chi connectivity index (χ0v) is 12.5. The summed E-state index contributed by atoms with van der Waals surface area (Å²) in [6, 6.07) is 4.17. The van der Waals surface area contributed by atoms with E-state index in [1.54, 1.807) is 7.11 Å². The summed E-state index contributed by atoms with van der Waals surface area (Å²) in [5, 5.41) is 9.82. The number of phenolic OH excluding ortho intramolecular Hbond substituents is 1. The van der Waals surface area contributed by atoms with Gasteiger partial charge in [-0.2, -0.15) is 0 Å². The molecule has 1 heterocycles. The van der Waals surface area contributed by atoms with Gasteiger partial charge in [-0.05, 0) is 56.8 Å². The molecular weight excluding hydrogens is 238 g/mol. The average Bonchev–Trinajstić information content (AvgIpc) is 2.36. The number of phenols is 1. The third kappa shape index (κ3) is 3.28. The first-order chi connectivity index (χ1) is 8.93. The van der Waals surface area contributed by atoms with Crippen molar-refractivity contribution in [2.45, 2.75) is 45.8 Å². The molecule has 19 heavy (non-hydrogen) atoms. The van der Waals surface area contributed by atoms with Gasteiger partial charge in [-0.15, -0.1) is 0 Å². The first-order valence-electron chi connectivity index (χ1n) is 7.00. The molecule has 1 aliphatic heterocycles. The number of methoxy groups -OCH3 is 1. The van der Waals surface area contributed by atoms with Crippen molar-refractivity contribution in [1.82, 2.24) is 4.90 Å². The maximum Gasteiger partial charge on any atom is 0.121 e. The van der Waals surface area contributed by atoms with Crippen LogP contribution in [0, 0.1) is 13.8 Å². The third-order valence-electron chi connectivity index (χ3n) is 4.19. The largest absolute Gasteiger partial charge is 0.507 e. The number of piperidine rings is 1. The van der Waals surface area contributed by atoms with Crippen LogP contribution < -0.4 is 0 Å². The van der Waals surface area contributed by atoms with Crippen molar-refractivity contribution in [2.24, 2.45) is 0 Å². The predicted molar refractivity (Wildman–Crippen MR) is 77.5 cm³/mol. The second kappa shape index (κ2) is 5.51. The number of hydrogen-bond donors (Lipinski definition) is 1. The van der Waals surface area contributed by atoms with Gasteiger partial charge in [0, 0.05) is 20.2 Å². The molecule has 0 saturated carbocycles. The Morgan fingerprint density at radius 3 is 2.53 bits per heavy atom. The molecular formula is C16H25NO2. The molecule has 3 heteroatoms. The molecule has 1 aromatic rings. The Morgan fingerprint density at radius 2 is 1.95 bits per heavy atom. The van der Waals surface area contributed by atoms with E-state index in [0.717, 1.165) is 37.2 Å². The number of nitrogens with zero attached hydrogens (tertiary/aromatic N) is 1.